The predicted octanol–water partition coefficient (Wildman–Crippen LogP) is 17.0. The summed E-state index contributed by atoms with van der Waals surface area (Å²) >= 11 is 0. The van der Waals surface area contributed by atoms with Crippen LogP contribution in [0.5, 0.6) is 0 Å². The molecule has 3 unspecified atom stereocenters. The molecular formula is C59H105NO5. The first kappa shape index (κ1) is 62.3. The molecule has 0 aromatic carbocycles. The topological polar surface area (TPSA) is 95.9 Å². The van der Waals surface area contributed by atoms with Crippen molar-refractivity contribution >= 4 is 11.9 Å². The lowest BCUT2D eigenvalue weighted by Gasteiger charge is -2.24. The molecule has 0 saturated carbocycles. The van der Waals surface area contributed by atoms with E-state index in [9.17, 15) is 19.8 Å². The van der Waals surface area contributed by atoms with Crippen LogP contribution in [0.3, 0.4) is 0 Å². The molecule has 3 atom stereocenters. The summed E-state index contributed by atoms with van der Waals surface area (Å²) in [5.41, 5.74) is 0. The van der Waals surface area contributed by atoms with E-state index < -0.39 is 18.2 Å². The fraction of sp³-hybridized carbons (Fsp3) is 0.763. The van der Waals surface area contributed by atoms with Crippen LogP contribution in [0.2, 0.25) is 0 Å². The number of hydrogen-bond acceptors (Lipinski definition) is 5. The average Bonchev–Trinajstić information content (AvgIpc) is 3.30. The Kier molecular flexibility index (Phi) is 50.1. The smallest absolute Gasteiger partial charge is 0.306 e. The molecular weight excluding hydrogens is 803 g/mol. The molecule has 376 valence electrons. The number of aliphatic hydroxyl groups is 2. The van der Waals surface area contributed by atoms with Crippen LogP contribution < -0.4 is 5.32 Å². The molecule has 0 spiro atoms. The molecule has 0 aromatic rings. The molecule has 6 nitrogen and oxygen atoms in total. The van der Waals surface area contributed by atoms with Crippen molar-refractivity contribution < 1.29 is 24.5 Å². The van der Waals surface area contributed by atoms with E-state index in [4.69, 9.17) is 4.74 Å². The van der Waals surface area contributed by atoms with Gasteiger partial charge in [0.05, 0.1) is 25.2 Å². The highest BCUT2D eigenvalue weighted by Crippen LogP contribution is 2.17. The van der Waals surface area contributed by atoms with Gasteiger partial charge in [-0.3, -0.25) is 9.59 Å². The Balaban J connectivity index is 4.70. The second-order valence-corrected chi connectivity index (χ2v) is 18.7. The first-order valence-electron chi connectivity index (χ1n) is 27.7. The van der Waals surface area contributed by atoms with Crippen molar-refractivity contribution in [2.45, 2.75) is 283 Å². The number of allylic oxidation sites excluding steroid dienone is 12. The van der Waals surface area contributed by atoms with Crippen molar-refractivity contribution in [1.29, 1.82) is 0 Å². The van der Waals surface area contributed by atoms with Gasteiger partial charge in [-0.05, 0) is 89.9 Å². The molecule has 1 amide bonds. The zero-order chi connectivity index (χ0) is 47.4. The van der Waals surface area contributed by atoms with Gasteiger partial charge in [0, 0.05) is 6.42 Å². The number of ether oxygens (including phenoxy) is 1. The minimum atomic E-state index is -0.807. The third kappa shape index (κ3) is 47.6. The molecule has 65 heavy (non-hydrogen) atoms. The molecule has 0 radical (unpaired) electrons. The van der Waals surface area contributed by atoms with Gasteiger partial charge in [0.1, 0.15) is 6.10 Å². The largest absolute Gasteiger partial charge is 0.462 e. The number of esters is 1. The Hall–Kier alpha value is -2.70. The van der Waals surface area contributed by atoms with Crippen LogP contribution in [0.1, 0.15) is 265 Å². The zero-order valence-electron chi connectivity index (χ0n) is 42.9. The lowest BCUT2D eigenvalue weighted by atomic mass is 10.0. The normalized spacial score (nSPS) is 13.7. The monoisotopic (exact) mass is 908 g/mol. The molecule has 0 saturated heterocycles. The summed E-state index contributed by atoms with van der Waals surface area (Å²) in [6, 6.07) is -0.724. The van der Waals surface area contributed by atoms with Crippen LogP contribution in [0.4, 0.5) is 0 Å². The van der Waals surface area contributed by atoms with E-state index in [1.165, 1.54) is 141 Å². The van der Waals surface area contributed by atoms with Crippen molar-refractivity contribution in [3.63, 3.8) is 0 Å². The number of hydrogen-bond donors (Lipinski definition) is 3. The van der Waals surface area contributed by atoms with Crippen LogP contribution in [0.15, 0.2) is 72.9 Å². The molecule has 0 aromatic heterocycles. The number of amides is 1. The van der Waals surface area contributed by atoms with Gasteiger partial charge in [-0.15, -0.1) is 0 Å². The Bertz CT molecular complexity index is 1200. The van der Waals surface area contributed by atoms with Crippen molar-refractivity contribution in [3.8, 4) is 0 Å². The van der Waals surface area contributed by atoms with E-state index in [-0.39, 0.29) is 24.9 Å². The number of aliphatic hydroxyl groups excluding tert-OH is 2. The van der Waals surface area contributed by atoms with Crippen LogP contribution in [0.25, 0.3) is 0 Å². The number of carbonyl (C=O) groups is 2. The average molecular weight is 908 g/mol. The second-order valence-electron chi connectivity index (χ2n) is 18.7. The van der Waals surface area contributed by atoms with E-state index in [1.54, 1.807) is 0 Å². The molecule has 0 aliphatic rings. The summed E-state index contributed by atoms with van der Waals surface area (Å²) < 4.78 is 5.92. The van der Waals surface area contributed by atoms with E-state index in [0.29, 0.717) is 19.3 Å². The Labute approximate surface area is 402 Å². The molecule has 0 fully saturated rings. The second kappa shape index (κ2) is 52.3. The predicted molar refractivity (Wildman–Crippen MR) is 282 cm³/mol. The third-order valence-corrected chi connectivity index (χ3v) is 12.3. The summed E-state index contributed by atoms with van der Waals surface area (Å²) in [6.07, 6.45) is 66.7. The SMILES string of the molecule is CCCCC/C=C\C/C=C\C/C=C\C/C=C\CCCC(CC(=O)NC(CO)C(O)CCCCCCCCCCCCCCCC)OC(=O)CCCCCCCC/C=C/C=C/CCCCC. The molecule has 0 bridgehead atoms. The standard InChI is InChI=1S/C59H105NO5/c1-4-7-10-13-16-19-22-25-28-29-31-32-35-38-41-44-47-50-55(65-59(64)52-49-46-43-40-37-34-30-26-23-20-17-14-11-8-5-2)53-58(63)60-56(54-61)57(62)51-48-45-42-39-36-33-27-24-21-18-15-12-9-6-3/h16-17,19-20,23,25-26,28,31-32,38,41,55-57,61-62H,4-15,18,21-22,24,27,29-30,33-37,39-40,42-54H2,1-3H3,(H,60,63)/b19-16-,20-17+,26-23+,28-25-,32-31-,41-38-. The van der Waals surface area contributed by atoms with E-state index >= 15 is 0 Å². The van der Waals surface area contributed by atoms with Gasteiger partial charge in [-0.1, -0.05) is 235 Å². The van der Waals surface area contributed by atoms with E-state index in [0.717, 1.165) is 77.0 Å². The van der Waals surface area contributed by atoms with Gasteiger partial charge in [0.2, 0.25) is 5.91 Å². The van der Waals surface area contributed by atoms with Crippen LogP contribution in [0, 0.1) is 0 Å². The van der Waals surface area contributed by atoms with Crippen LogP contribution in [-0.4, -0.2) is 46.9 Å². The maximum atomic E-state index is 13.2. The van der Waals surface area contributed by atoms with E-state index in [1.807, 2.05) is 0 Å². The molecule has 0 aliphatic heterocycles. The summed E-state index contributed by atoms with van der Waals surface area (Å²) in [5, 5.41) is 23.8. The van der Waals surface area contributed by atoms with Gasteiger partial charge in [-0.2, -0.15) is 0 Å². The third-order valence-electron chi connectivity index (χ3n) is 12.3. The first-order valence-corrected chi connectivity index (χ1v) is 27.7. The van der Waals surface area contributed by atoms with Crippen molar-refractivity contribution in [2.75, 3.05) is 6.61 Å². The fourth-order valence-electron chi connectivity index (χ4n) is 8.06. The quantitative estimate of drug-likeness (QED) is 0.0245. The molecule has 0 aliphatic carbocycles. The van der Waals surface area contributed by atoms with Gasteiger partial charge >= 0.3 is 5.97 Å². The lowest BCUT2D eigenvalue weighted by molar-refractivity contribution is -0.151. The van der Waals surface area contributed by atoms with Crippen molar-refractivity contribution in [3.05, 3.63) is 72.9 Å². The maximum absolute atomic E-state index is 13.2. The first-order chi connectivity index (χ1) is 32.0. The molecule has 0 heterocycles. The highest BCUT2D eigenvalue weighted by Gasteiger charge is 2.24. The van der Waals surface area contributed by atoms with Gasteiger partial charge < -0.3 is 20.3 Å². The van der Waals surface area contributed by atoms with Crippen LogP contribution >= 0.6 is 0 Å². The Morgan fingerprint density at radius 2 is 0.846 bits per heavy atom. The summed E-state index contributed by atoms with van der Waals surface area (Å²) in [5.74, 6) is -0.539. The van der Waals surface area contributed by atoms with Crippen molar-refractivity contribution in [1.82, 2.24) is 5.32 Å². The van der Waals surface area contributed by atoms with Crippen LogP contribution in [-0.2, 0) is 14.3 Å². The summed E-state index contributed by atoms with van der Waals surface area (Å²) in [6.45, 7) is 6.42. The maximum Gasteiger partial charge on any atom is 0.306 e. The van der Waals surface area contributed by atoms with E-state index in [2.05, 4.69) is 99.0 Å². The molecule has 6 heteroatoms. The highest BCUT2D eigenvalue weighted by molar-refractivity contribution is 5.77. The number of unbranched alkanes of at least 4 members (excludes halogenated alkanes) is 26. The Morgan fingerprint density at radius 1 is 0.462 bits per heavy atom. The lowest BCUT2D eigenvalue weighted by Crippen LogP contribution is -2.46. The number of carbonyl (C=O) groups excluding carboxylic acids is 2. The van der Waals surface area contributed by atoms with Gasteiger partial charge in [0.25, 0.3) is 0 Å². The zero-order valence-corrected chi connectivity index (χ0v) is 42.9. The van der Waals surface area contributed by atoms with Gasteiger partial charge in [-0.25, -0.2) is 0 Å². The Morgan fingerprint density at radius 3 is 1.34 bits per heavy atom. The highest BCUT2D eigenvalue weighted by atomic mass is 16.5. The summed E-state index contributed by atoms with van der Waals surface area (Å²) in [4.78, 5) is 26.2. The number of nitrogens with one attached hydrogen (secondary N) is 1. The fourth-order valence-corrected chi connectivity index (χ4v) is 8.06. The number of rotatable bonds is 49. The minimum absolute atomic E-state index is 0.0333. The van der Waals surface area contributed by atoms with Crippen molar-refractivity contribution in [2.24, 2.45) is 0 Å². The molecule has 0 rings (SSSR count). The molecule has 3 N–H and O–H groups in total. The van der Waals surface area contributed by atoms with Gasteiger partial charge in [0.15, 0.2) is 0 Å². The minimum Gasteiger partial charge on any atom is -0.462 e. The summed E-state index contributed by atoms with van der Waals surface area (Å²) in [7, 11) is 0.